The van der Waals surface area contributed by atoms with Gasteiger partial charge in [0.05, 0.1) is 18.0 Å². The maximum atomic E-state index is 13.3. The summed E-state index contributed by atoms with van der Waals surface area (Å²) in [6, 6.07) is 20.1. The number of nitrogens with zero attached hydrogens (tertiary/aromatic N) is 2. The number of hydrazone groups is 1. The van der Waals surface area contributed by atoms with E-state index < -0.39 is 0 Å². The van der Waals surface area contributed by atoms with Gasteiger partial charge in [-0.15, -0.1) is 0 Å². The fraction of sp³-hybridized carbons (Fsp3) is 0.130. The molecule has 0 aliphatic carbocycles. The third-order valence-corrected chi connectivity index (χ3v) is 4.47. The lowest BCUT2D eigenvalue weighted by Gasteiger charge is -2.10. The Morgan fingerprint density at radius 2 is 1.64 bits per heavy atom. The number of fused-ring (bicyclic) bond motifs is 1. The van der Waals surface area contributed by atoms with Gasteiger partial charge in [0.25, 0.3) is 0 Å². The van der Waals surface area contributed by atoms with Gasteiger partial charge in [0.15, 0.2) is 5.84 Å². The number of nitrogens with one attached hydrogen (secondary N) is 1. The van der Waals surface area contributed by atoms with E-state index in [0.29, 0.717) is 12.4 Å². The van der Waals surface area contributed by atoms with E-state index in [1.165, 1.54) is 12.1 Å². The number of amidine groups is 1. The van der Waals surface area contributed by atoms with Crippen LogP contribution in [0.15, 0.2) is 76.8 Å². The third kappa shape index (κ3) is 3.64. The lowest BCUT2D eigenvalue weighted by atomic mass is 9.99. The normalized spacial score (nSPS) is 13.0. The fourth-order valence-corrected chi connectivity index (χ4v) is 3.08. The number of aryl methyl sites for hydroxylation is 1. The molecule has 28 heavy (non-hydrogen) atoms. The second-order valence-corrected chi connectivity index (χ2v) is 6.52. The van der Waals surface area contributed by atoms with E-state index in [9.17, 15) is 4.39 Å². The van der Waals surface area contributed by atoms with E-state index in [2.05, 4.69) is 16.6 Å². The molecule has 0 aromatic heterocycles. The number of benzene rings is 3. The van der Waals surface area contributed by atoms with Crippen LogP contribution in [0.25, 0.3) is 0 Å². The van der Waals surface area contributed by atoms with Crippen LogP contribution in [-0.2, 0) is 0 Å². The van der Waals surface area contributed by atoms with E-state index >= 15 is 0 Å². The molecule has 1 aliphatic rings. The molecule has 0 fully saturated rings. The highest BCUT2D eigenvalue weighted by Gasteiger charge is 2.17. The van der Waals surface area contributed by atoms with Crippen molar-refractivity contribution in [3.8, 4) is 5.75 Å². The average molecular weight is 373 g/mol. The second kappa shape index (κ2) is 7.64. The maximum Gasteiger partial charge on any atom is 0.154 e. The van der Waals surface area contributed by atoms with Crippen molar-refractivity contribution in [2.75, 3.05) is 6.61 Å². The van der Waals surface area contributed by atoms with E-state index in [-0.39, 0.29) is 5.82 Å². The zero-order chi connectivity index (χ0) is 19.5. The quantitative estimate of drug-likeness (QED) is 0.702. The summed E-state index contributed by atoms with van der Waals surface area (Å²) in [6.45, 7) is 4.62. The minimum absolute atomic E-state index is 0.285. The maximum absolute atomic E-state index is 13.3. The Kier molecular flexibility index (Phi) is 4.89. The lowest BCUT2D eigenvalue weighted by molar-refractivity contribution is 0.340. The van der Waals surface area contributed by atoms with Crippen LogP contribution in [0, 0.1) is 12.7 Å². The predicted molar refractivity (Wildman–Crippen MR) is 110 cm³/mol. The molecule has 0 unspecified atom stereocenters. The Labute approximate surface area is 163 Å². The summed E-state index contributed by atoms with van der Waals surface area (Å²) in [6.07, 6.45) is 0. The summed E-state index contributed by atoms with van der Waals surface area (Å²) < 4.78 is 18.8. The molecule has 0 saturated heterocycles. The van der Waals surface area contributed by atoms with Crippen LogP contribution >= 0.6 is 0 Å². The van der Waals surface area contributed by atoms with E-state index in [1.54, 1.807) is 12.1 Å². The van der Waals surface area contributed by atoms with Crippen LogP contribution in [-0.4, -0.2) is 18.2 Å². The molecule has 140 valence electrons. The van der Waals surface area contributed by atoms with Gasteiger partial charge >= 0.3 is 0 Å². The minimum atomic E-state index is -0.285. The van der Waals surface area contributed by atoms with Crippen molar-refractivity contribution in [3.05, 3.63) is 94.8 Å². The van der Waals surface area contributed by atoms with Gasteiger partial charge in [-0.05, 0) is 74.5 Å². The smallest absolute Gasteiger partial charge is 0.154 e. The van der Waals surface area contributed by atoms with Crippen LogP contribution in [0.5, 0.6) is 5.75 Å². The number of hydrogen-bond donors (Lipinski definition) is 1. The number of aliphatic imine (C=N–C) groups is 1. The number of halogens is 1. The van der Waals surface area contributed by atoms with Crippen LogP contribution in [0.4, 0.5) is 10.1 Å². The van der Waals surface area contributed by atoms with Gasteiger partial charge in [0.2, 0.25) is 0 Å². The molecular weight excluding hydrogens is 353 g/mol. The minimum Gasteiger partial charge on any atom is -0.494 e. The molecule has 3 aromatic carbocycles. The molecule has 1 N–H and O–H groups in total. The molecule has 1 aliphatic heterocycles. The molecule has 1 heterocycles. The highest BCUT2D eigenvalue weighted by atomic mass is 19.1. The Bertz CT molecular complexity index is 1050. The summed E-state index contributed by atoms with van der Waals surface area (Å²) in [4.78, 5) is 4.75. The summed E-state index contributed by atoms with van der Waals surface area (Å²) in [7, 11) is 0. The van der Waals surface area contributed by atoms with Crippen LogP contribution in [0.1, 0.15) is 29.2 Å². The van der Waals surface area contributed by atoms with E-state index in [4.69, 9.17) is 9.73 Å². The second-order valence-electron chi connectivity index (χ2n) is 6.52. The van der Waals surface area contributed by atoms with Gasteiger partial charge in [-0.25, -0.2) is 9.38 Å². The van der Waals surface area contributed by atoms with E-state index in [1.807, 2.05) is 50.2 Å². The molecule has 5 heteroatoms. The van der Waals surface area contributed by atoms with Crippen molar-refractivity contribution in [1.29, 1.82) is 0 Å². The summed E-state index contributed by atoms with van der Waals surface area (Å²) in [5.74, 6) is 1.11. The molecule has 0 radical (unpaired) electrons. The van der Waals surface area contributed by atoms with Crippen molar-refractivity contribution in [2.45, 2.75) is 13.8 Å². The van der Waals surface area contributed by atoms with Gasteiger partial charge in [-0.3, -0.25) is 5.43 Å². The highest BCUT2D eigenvalue weighted by molar-refractivity contribution is 6.18. The largest absolute Gasteiger partial charge is 0.494 e. The van der Waals surface area contributed by atoms with Crippen LogP contribution < -0.4 is 10.2 Å². The average Bonchev–Trinajstić information content (AvgIpc) is 2.89. The standard InChI is InChI=1S/C23H20FN3O/c1-3-28-19-11-7-16(8-12-19)22-20-14-15(2)4-13-21(20)25-23(27-26-22)17-5-9-18(24)10-6-17/h4-14H,3H2,1-2H3,(H,25,27). The molecule has 0 spiro atoms. The van der Waals surface area contributed by atoms with Crippen molar-refractivity contribution in [3.63, 3.8) is 0 Å². The van der Waals surface area contributed by atoms with Crippen molar-refractivity contribution >= 4 is 17.2 Å². The molecule has 0 amide bonds. The van der Waals surface area contributed by atoms with Crippen molar-refractivity contribution in [1.82, 2.24) is 5.43 Å². The highest BCUT2D eigenvalue weighted by Crippen LogP contribution is 2.27. The Balaban J connectivity index is 1.79. The Morgan fingerprint density at radius 1 is 0.929 bits per heavy atom. The molecule has 0 bridgehead atoms. The van der Waals surface area contributed by atoms with Crippen molar-refractivity contribution < 1.29 is 9.13 Å². The first kappa shape index (κ1) is 17.9. The molecular formula is C23H20FN3O. The van der Waals surface area contributed by atoms with Gasteiger partial charge in [0, 0.05) is 16.7 Å². The third-order valence-electron chi connectivity index (χ3n) is 4.47. The van der Waals surface area contributed by atoms with Gasteiger partial charge in [0.1, 0.15) is 11.6 Å². The summed E-state index contributed by atoms with van der Waals surface area (Å²) >= 11 is 0. The zero-order valence-electron chi connectivity index (χ0n) is 15.7. The topological polar surface area (TPSA) is 46.0 Å². The van der Waals surface area contributed by atoms with Gasteiger partial charge < -0.3 is 4.74 Å². The first-order valence-electron chi connectivity index (χ1n) is 9.16. The number of rotatable bonds is 4. The van der Waals surface area contributed by atoms with Crippen molar-refractivity contribution in [2.24, 2.45) is 10.1 Å². The monoisotopic (exact) mass is 373 g/mol. The Hall–Kier alpha value is -3.47. The summed E-state index contributed by atoms with van der Waals surface area (Å²) in [5.41, 5.74) is 8.45. The first-order chi connectivity index (χ1) is 13.6. The molecule has 0 saturated carbocycles. The van der Waals surface area contributed by atoms with Gasteiger partial charge in [-0.2, -0.15) is 5.10 Å². The zero-order valence-corrected chi connectivity index (χ0v) is 15.7. The number of hydrogen-bond acceptors (Lipinski definition) is 4. The van der Waals surface area contributed by atoms with E-state index in [0.717, 1.165) is 39.4 Å². The molecule has 0 atom stereocenters. The fourth-order valence-electron chi connectivity index (χ4n) is 3.08. The lowest BCUT2D eigenvalue weighted by Crippen LogP contribution is -2.19. The molecule has 4 nitrogen and oxygen atoms in total. The van der Waals surface area contributed by atoms with Gasteiger partial charge in [-0.1, -0.05) is 11.6 Å². The Morgan fingerprint density at radius 3 is 2.36 bits per heavy atom. The SMILES string of the molecule is CCOc1ccc(C2=NNC(c3ccc(F)cc3)=Nc3ccc(C)cc32)cc1. The van der Waals surface area contributed by atoms with Crippen LogP contribution in [0.2, 0.25) is 0 Å². The molecule has 3 aromatic rings. The first-order valence-corrected chi connectivity index (χ1v) is 9.16. The molecule has 4 rings (SSSR count). The summed E-state index contributed by atoms with van der Waals surface area (Å²) in [5, 5.41) is 4.63. The van der Waals surface area contributed by atoms with Crippen LogP contribution in [0.3, 0.4) is 0 Å². The predicted octanol–water partition coefficient (Wildman–Crippen LogP) is 4.97. The number of ether oxygens (including phenoxy) is 1.